The fourth-order valence-electron chi connectivity index (χ4n) is 3.05. The topological polar surface area (TPSA) is 9.23 Å². The maximum absolute atomic E-state index is 15.0. The number of halogens is 10. The van der Waals surface area contributed by atoms with E-state index in [2.05, 4.69) is 10.8 Å². The quantitative estimate of drug-likeness (QED) is 0.420. The molecule has 2 aromatic carbocycles. The maximum atomic E-state index is 15.0. The second-order valence-electron chi connectivity index (χ2n) is 6.50. The van der Waals surface area contributed by atoms with Gasteiger partial charge in [-0.15, -0.1) is 13.2 Å². The third-order valence-corrected chi connectivity index (χ3v) is 4.46. The van der Waals surface area contributed by atoms with E-state index in [1.54, 1.807) is 0 Å². The van der Waals surface area contributed by atoms with Crippen molar-refractivity contribution in [1.82, 2.24) is 0 Å². The van der Waals surface area contributed by atoms with Crippen molar-refractivity contribution in [2.24, 2.45) is 0 Å². The van der Waals surface area contributed by atoms with E-state index in [1.807, 2.05) is 0 Å². The van der Waals surface area contributed by atoms with E-state index in [0.717, 1.165) is 12.1 Å². The van der Waals surface area contributed by atoms with Crippen molar-refractivity contribution in [2.45, 2.75) is 51.1 Å². The summed E-state index contributed by atoms with van der Waals surface area (Å²) in [6, 6.07) is 6.18. The molecule has 0 aliphatic carbocycles. The number of benzene rings is 2. The molecular formula is C20H15F10O. The Labute approximate surface area is 170 Å². The summed E-state index contributed by atoms with van der Waals surface area (Å²) in [7, 11) is 0. The van der Waals surface area contributed by atoms with Crippen LogP contribution in [0, 0.1) is 6.07 Å². The van der Waals surface area contributed by atoms with Gasteiger partial charge in [0.2, 0.25) is 0 Å². The van der Waals surface area contributed by atoms with E-state index in [0.29, 0.717) is 18.2 Å². The molecule has 171 valence electrons. The van der Waals surface area contributed by atoms with Gasteiger partial charge < -0.3 is 4.74 Å². The molecule has 1 nitrogen and oxygen atoms in total. The first kappa shape index (κ1) is 24.8. The summed E-state index contributed by atoms with van der Waals surface area (Å²) >= 11 is 0. The van der Waals surface area contributed by atoms with Gasteiger partial charge in [0.1, 0.15) is 5.75 Å². The van der Waals surface area contributed by atoms with Crippen LogP contribution >= 0.6 is 0 Å². The third kappa shape index (κ3) is 4.90. The van der Waals surface area contributed by atoms with Crippen molar-refractivity contribution in [3.05, 3.63) is 53.1 Å². The maximum Gasteiger partial charge on any atom is 0.573 e. The van der Waals surface area contributed by atoms with E-state index < -0.39 is 41.3 Å². The summed E-state index contributed by atoms with van der Waals surface area (Å²) in [4.78, 5) is 0. The molecule has 0 N–H and O–H groups in total. The van der Waals surface area contributed by atoms with Crippen LogP contribution in [0.2, 0.25) is 0 Å². The first-order valence-corrected chi connectivity index (χ1v) is 8.82. The molecule has 0 aromatic heterocycles. The molecule has 0 amide bonds. The smallest absolute Gasteiger partial charge is 0.406 e. The molecule has 0 fully saturated rings. The zero-order chi connectivity index (χ0) is 23.8. The molecule has 0 saturated carbocycles. The molecule has 11 heteroatoms. The van der Waals surface area contributed by atoms with Crippen LogP contribution in [-0.4, -0.2) is 18.7 Å². The van der Waals surface area contributed by atoms with Crippen molar-refractivity contribution >= 4 is 0 Å². The molecule has 31 heavy (non-hydrogen) atoms. The Bertz CT molecular complexity index is 894. The monoisotopic (exact) mass is 461 g/mol. The normalized spacial score (nSPS) is 13.4. The standard InChI is InChI=1S/C20H15F10O/c1-3-11-9-12(4-2)16(13-5-7-14(8-6-13)31-20(28,29)30)15(10-11)17(21,18(22,23)24)19(25,26)27/h5-8,10H,3-4H2,1-2H3. The Hall–Kier alpha value is -2.46. The lowest BCUT2D eigenvalue weighted by Gasteiger charge is -2.33. The van der Waals surface area contributed by atoms with Gasteiger partial charge >= 0.3 is 24.4 Å². The Balaban J connectivity index is 2.84. The first-order chi connectivity index (χ1) is 14.0. The molecule has 1 radical (unpaired) electrons. The van der Waals surface area contributed by atoms with E-state index >= 15 is 0 Å². The van der Waals surface area contributed by atoms with Crippen molar-refractivity contribution in [1.29, 1.82) is 0 Å². The van der Waals surface area contributed by atoms with Crippen LogP contribution in [0.5, 0.6) is 5.75 Å². The Morgan fingerprint density at radius 1 is 0.774 bits per heavy atom. The summed E-state index contributed by atoms with van der Waals surface area (Å²) in [6.07, 6.45) is -17.9. The molecule has 0 aliphatic rings. The van der Waals surface area contributed by atoms with Crippen LogP contribution in [0.1, 0.15) is 30.5 Å². The van der Waals surface area contributed by atoms with Crippen LogP contribution in [0.4, 0.5) is 43.9 Å². The highest BCUT2D eigenvalue weighted by Gasteiger charge is 2.74. The van der Waals surface area contributed by atoms with Crippen LogP contribution in [0.25, 0.3) is 11.1 Å². The minimum atomic E-state index is -6.35. The molecule has 0 heterocycles. The average Bonchev–Trinajstić information content (AvgIpc) is 2.63. The number of hydrogen-bond donors (Lipinski definition) is 0. The van der Waals surface area contributed by atoms with Gasteiger partial charge in [-0.1, -0.05) is 32.0 Å². The predicted octanol–water partition coefficient (Wildman–Crippen LogP) is 7.47. The highest BCUT2D eigenvalue weighted by Crippen LogP contribution is 2.56. The fraction of sp³-hybridized carbons (Fsp3) is 0.400. The largest absolute Gasteiger partial charge is 0.573 e. The molecule has 0 aliphatic heterocycles. The van der Waals surface area contributed by atoms with Gasteiger partial charge in [0.05, 0.1) is 0 Å². The zero-order valence-corrected chi connectivity index (χ0v) is 16.0. The summed E-state index contributed by atoms with van der Waals surface area (Å²) in [5.74, 6) is -0.747. The zero-order valence-electron chi connectivity index (χ0n) is 16.0. The summed E-state index contributed by atoms with van der Waals surface area (Å²) in [5.41, 5.74) is -8.72. The first-order valence-electron chi connectivity index (χ1n) is 8.82. The number of rotatable bonds is 5. The van der Waals surface area contributed by atoms with Crippen LogP contribution in [0.15, 0.2) is 30.3 Å². The lowest BCUT2D eigenvalue weighted by molar-refractivity contribution is -0.348. The number of hydrogen-bond acceptors (Lipinski definition) is 1. The van der Waals surface area contributed by atoms with Crippen molar-refractivity contribution in [2.75, 3.05) is 0 Å². The van der Waals surface area contributed by atoms with Crippen molar-refractivity contribution in [3.63, 3.8) is 0 Å². The number of aryl methyl sites for hydroxylation is 2. The van der Waals surface area contributed by atoms with Crippen LogP contribution < -0.4 is 4.74 Å². The molecule has 0 unspecified atom stereocenters. The van der Waals surface area contributed by atoms with Gasteiger partial charge in [0.25, 0.3) is 0 Å². The van der Waals surface area contributed by atoms with Gasteiger partial charge in [0.15, 0.2) is 0 Å². The molecule has 0 spiro atoms. The summed E-state index contributed by atoms with van der Waals surface area (Å²) in [6.45, 7) is 2.86. The van der Waals surface area contributed by atoms with Crippen LogP contribution in [-0.2, 0) is 18.5 Å². The van der Waals surface area contributed by atoms with E-state index in [-0.39, 0.29) is 29.5 Å². The minimum Gasteiger partial charge on any atom is -0.406 e. The SMILES string of the molecule is CCc1[c]c(CC)c(-c2ccc(OC(F)(F)F)cc2)c(C(F)(C(F)(F)F)C(F)(F)F)c1. The molecule has 2 rings (SSSR count). The number of ether oxygens (including phenoxy) is 1. The Kier molecular flexibility index (Phi) is 6.59. The second kappa shape index (κ2) is 8.23. The number of alkyl halides is 10. The Morgan fingerprint density at radius 2 is 1.29 bits per heavy atom. The summed E-state index contributed by atoms with van der Waals surface area (Å²) in [5, 5.41) is 0. The van der Waals surface area contributed by atoms with E-state index in [4.69, 9.17) is 0 Å². The second-order valence-corrected chi connectivity index (χ2v) is 6.50. The van der Waals surface area contributed by atoms with Crippen LogP contribution in [0.3, 0.4) is 0 Å². The highest BCUT2D eigenvalue weighted by atomic mass is 19.4. The molecule has 2 aromatic rings. The molecular weight excluding hydrogens is 446 g/mol. The average molecular weight is 461 g/mol. The molecule has 0 atom stereocenters. The fourth-order valence-corrected chi connectivity index (χ4v) is 3.05. The molecule has 0 saturated heterocycles. The van der Waals surface area contributed by atoms with Gasteiger partial charge in [-0.3, -0.25) is 0 Å². The lowest BCUT2D eigenvalue weighted by atomic mass is 9.82. The van der Waals surface area contributed by atoms with Gasteiger partial charge in [-0.2, -0.15) is 26.3 Å². The van der Waals surface area contributed by atoms with Gasteiger partial charge in [-0.05, 0) is 53.3 Å². The summed E-state index contributed by atoms with van der Waals surface area (Å²) < 4.78 is 136. The predicted molar refractivity (Wildman–Crippen MR) is 91.0 cm³/mol. The van der Waals surface area contributed by atoms with Gasteiger partial charge in [0, 0.05) is 5.56 Å². The highest BCUT2D eigenvalue weighted by molar-refractivity contribution is 5.74. The Morgan fingerprint density at radius 3 is 1.68 bits per heavy atom. The lowest BCUT2D eigenvalue weighted by Crippen LogP contribution is -2.50. The minimum absolute atomic E-state index is 0.0234. The molecule has 0 bridgehead atoms. The van der Waals surface area contributed by atoms with Crippen molar-refractivity contribution < 1.29 is 48.6 Å². The van der Waals surface area contributed by atoms with E-state index in [9.17, 15) is 43.9 Å². The van der Waals surface area contributed by atoms with Crippen molar-refractivity contribution in [3.8, 4) is 16.9 Å². The van der Waals surface area contributed by atoms with E-state index in [1.165, 1.54) is 13.8 Å². The van der Waals surface area contributed by atoms with Gasteiger partial charge in [-0.25, -0.2) is 4.39 Å². The third-order valence-electron chi connectivity index (χ3n) is 4.46.